The molecule has 1 unspecified atom stereocenters. The lowest BCUT2D eigenvalue weighted by molar-refractivity contribution is 0.0923. The van der Waals surface area contributed by atoms with Crippen LogP contribution in [-0.4, -0.2) is 37.0 Å². The highest BCUT2D eigenvalue weighted by Crippen LogP contribution is 2.19. The Morgan fingerprint density at radius 3 is 2.32 bits per heavy atom. The van der Waals surface area contributed by atoms with Crippen molar-refractivity contribution in [1.29, 1.82) is 0 Å². The molecule has 9 nitrogen and oxygen atoms in total. The zero-order valence-electron chi connectivity index (χ0n) is 22.2. The first-order valence-electron chi connectivity index (χ1n) is 12.6. The largest absolute Gasteiger partial charge is 0.352 e. The predicted octanol–water partition coefficient (Wildman–Crippen LogP) is 3.67. The number of nitrogens with zero attached hydrogens (tertiary/aromatic N) is 4. The van der Waals surface area contributed by atoms with Crippen LogP contribution >= 0.6 is 0 Å². The number of hydrogen-bond donors (Lipinski definition) is 1. The number of carbonyl (C=O) groups is 2. The molecule has 0 saturated heterocycles. The molecule has 0 saturated carbocycles. The van der Waals surface area contributed by atoms with E-state index in [0.717, 1.165) is 15.8 Å². The summed E-state index contributed by atoms with van der Waals surface area (Å²) in [5, 5.41) is 7.63. The first-order chi connectivity index (χ1) is 17.5. The van der Waals surface area contributed by atoms with Crippen molar-refractivity contribution in [2.45, 2.75) is 60.5 Å². The third-order valence-corrected chi connectivity index (χ3v) is 6.66. The van der Waals surface area contributed by atoms with Crippen LogP contribution in [0.2, 0.25) is 0 Å². The highest BCUT2D eigenvalue weighted by atomic mass is 16.2. The lowest BCUT2D eigenvalue weighted by atomic mass is 10.0. The second-order valence-electron chi connectivity index (χ2n) is 9.99. The first-order valence-corrected chi connectivity index (χ1v) is 12.6. The number of benzene rings is 2. The third kappa shape index (κ3) is 4.73. The Kier molecular flexibility index (Phi) is 7.16. The number of nitrogens with one attached hydrogen (secondary N) is 1. The van der Waals surface area contributed by atoms with E-state index in [1.54, 1.807) is 37.3 Å². The van der Waals surface area contributed by atoms with E-state index in [1.165, 1.54) is 8.97 Å². The number of aromatic nitrogens is 4. The fourth-order valence-electron chi connectivity index (χ4n) is 4.36. The third-order valence-electron chi connectivity index (χ3n) is 6.66. The first kappa shape index (κ1) is 26.1. The zero-order valence-corrected chi connectivity index (χ0v) is 22.2. The molecular weight excluding hydrogens is 470 g/mol. The molecule has 0 spiro atoms. The number of ketones is 1. The van der Waals surface area contributed by atoms with E-state index in [1.807, 2.05) is 40.7 Å². The van der Waals surface area contributed by atoms with Gasteiger partial charge in [0.2, 0.25) is 5.78 Å². The predicted molar refractivity (Wildman–Crippen MR) is 144 cm³/mol. The van der Waals surface area contributed by atoms with Crippen LogP contribution in [0.3, 0.4) is 0 Å². The number of fused-ring (bicyclic) bond motifs is 3. The van der Waals surface area contributed by atoms with Gasteiger partial charge in [0.05, 0.1) is 10.9 Å². The molecule has 9 heteroatoms. The minimum Gasteiger partial charge on any atom is -0.352 e. The van der Waals surface area contributed by atoms with Crippen LogP contribution in [0.5, 0.6) is 0 Å². The average Bonchev–Trinajstić information content (AvgIpc) is 3.22. The number of hydrogen-bond acceptors (Lipinski definition) is 5. The number of Topliss-reactive ketones (excluding diaryl/α,β-unsaturated/α-hetero) is 1. The van der Waals surface area contributed by atoms with Crippen molar-refractivity contribution in [3.8, 4) is 0 Å². The van der Waals surface area contributed by atoms with Crippen LogP contribution in [0.4, 0.5) is 0 Å². The van der Waals surface area contributed by atoms with Crippen LogP contribution in [0.1, 0.15) is 72.0 Å². The molecule has 37 heavy (non-hydrogen) atoms. The fraction of sp³-hybridized carbons (Fsp3) is 0.393. The van der Waals surface area contributed by atoms with E-state index in [0.29, 0.717) is 36.0 Å². The normalized spacial score (nSPS) is 12.4. The Morgan fingerprint density at radius 1 is 0.973 bits per heavy atom. The van der Waals surface area contributed by atoms with Crippen molar-refractivity contribution in [3.05, 3.63) is 79.5 Å². The molecule has 0 radical (unpaired) electrons. The highest BCUT2D eigenvalue weighted by molar-refractivity contribution is 5.99. The van der Waals surface area contributed by atoms with Gasteiger partial charge >= 0.3 is 5.69 Å². The van der Waals surface area contributed by atoms with Crippen LogP contribution in [-0.2, 0) is 6.54 Å². The van der Waals surface area contributed by atoms with Gasteiger partial charge in [0, 0.05) is 24.2 Å². The van der Waals surface area contributed by atoms with Crippen molar-refractivity contribution < 1.29 is 9.59 Å². The summed E-state index contributed by atoms with van der Waals surface area (Å²) in [7, 11) is 0. The SMILES string of the molecule is CCCn1c(=O)c2ccc(C(=O)NCC(C)C)cc2n2c(=O)n(C(C)C(=O)c3ccc(C)c(C)c3)nc12. The molecule has 2 heterocycles. The Balaban J connectivity index is 1.92. The topological polar surface area (TPSA) is 107 Å². The van der Waals surface area contributed by atoms with Gasteiger partial charge in [-0.15, -0.1) is 5.10 Å². The Bertz CT molecular complexity index is 1640. The molecule has 0 aliphatic carbocycles. The van der Waals surface area contributed by atoms with Crippen molar-refractivity contribution in [1.82, 2.24) is 24.1 Å². The molecule has 194 valence electrons. The maximum atomic E-state index is 13.7. The molecule has 2 aromatic heterocycles. The number of rotatable bonds is 8. The maximum Gasteiger partial charge on any atom is 0.352 e. The monoisotopic (exact) mass is 503 g/mol. The average molecular weight is 504 g/mol. The van der Waals surface area contributed by atoms with Gasteiger partial charge in [-0.1, -0.05) is 32.9 Å². The summed E-state index contributed by atoms with van der Waals surface area (Å²) in [4.78, 5) is 53.1. The van der Waals surface area contributed by atoms with Crippen molar-refractivity contribution in [2.24, 2.45) is 5.92 Å². The van der Waals surface area contributed by atoms with Gasteiger partial charge in [0.25, 0.3) is 11.5 Å². The Morgan fingerprint density at radius 2 is 1.68 bits per heavy atom. The van der Waals surface area contributed by atoms with E-state index in [-0.39, 0.29) is 34.5 Å². The van der Waals surface area contributed by atoms with E-state index in [2.05, 4.69) is 10.4 Å². The summed E-state index contributed by atoms with van der Waals surface area (Å²) in [5.41, 5.74) is 2.30. The molecule has 4 aromatic rings. The Hall–Kier alpha value is -4.01. The second-order valence-corrected chi connectivity index (χ2v) is 9.99. The van der Waals surface area contributed by atoms with Gasteiger partial charge in [-0.05, 0) is 68.5 Å². The van der Waals surface area contributed by atoms with Crippen molar-refractivity contribution >= 4 is 28.4 Å². The van der Waals surface area contributed by atoms with E-state index in [9.17, 15) is 19.2 Å². The summed E-state index contributed by atoms with van der Waals surface area (Å²) >= 11 is 0. The van der Waals surface area contributed by atoms with Crippen molar-refractivity contribution in [3.63, 3.8) is 0 Å². The molecule has 1 amide bonds. The van der Waals surface area contributed by atoms with E-state index >= 15 is 0 Å². The van der Waals surface area contributed by atoms with Crippen LogP contribution < -0.4 is 16.6 Å². The molecule has 0 aliphatic rings. The van der Waals surface area contributed by atoms with Gasteiger partial charge in [0.1, 0.15) is 6.04 Å². The number of carbonyl (C=O) groups excluding carboxylic acids is 2. The summed E-state index contributed by atoms with van der Waals surface area (Å²) < 4.78 is 3.91. The minimum absolute atomic E-state index is 0.142. The molecule has 0 fully saturated rings. The molecule has 2 aromatic carbocycles. The Labute approximate surface area is 214 Å². The molecule has 0 bridgehead atoms. The van der Waals surface area contributed by atoms with Crippen molar-refractivity contribution in [2.75, 3.05) is 6.54 Å². The standard InChI is InChI=1S/C28H33N5O4/c1-7-12-31-26(36)22-11-10-21(25(35)29-15-16(2)3)14-23(22)32-27(31)30-33(28(32)37)19(6)24(34)20-9-8-17(4)18(5)13-20/h8-11,13-14,16,19H,7,12,15H2,1-6H3,(H,29,35). The second kappa shape index (κ2) is 10.2. The van der Waals surface area contributed by atoms with Crippen LogP contribution in [0, 0.1) is 19.8 Å². The number of amides is 1. The van der Waals surface area contributed by atoms with Crippen LogP contribution in [0.25, 0.3) is 16.7 Å². The van der Waals surface area contributed by atoms with Gasteiger partial charge in [0.15, 0.2) is 5.78 Å². The number of aryl methyl sites for hydroxylation is 3. The minimum atomic E-state index is -0.896. The summed E-state index contributed by atoms with van der Waals surface area (Å²) in [6.45, 7) is 12.3. The smallest absolute Gasteiger partial charge is 0.352 e. The summed E-state index contributed by atoms with van der Waals surface area (Å²) in [5.74, 6) is -0.130. The highest BCUT2D eigenvalue weighted by Gasteiger charge is 2.25. The van der Waals surface area contributed by atoms with Gasteiger partial charge in [-0.2, -0.15) is 0 Å². The molecule has 4 rings (SSSR count). The molecular formula is C28H33N5O4. The summed E-state index contributed by atoms with van der Waals surface area (Å²) in [6.07, 6.45) is 0.648. The lowest BCUT2D eigenvalue weighted by Crippen LogP contribution is -2.30. The van der Waals surface area contributed by atoms with Crippen LogP contribution in [0.15, 0.2) is 46.0 Å². The molecule has 1 atom stereocenters. The van der Waals surface area contributed by atoms with E-state index in [4.69, 9.17) is 0 Å². The fourth-order valence-corrected chi connectivity index (χ4v) is 4.36. The molecule has 0 aliphatic heterocycles. The van der Waals surface area contributed by atoms with Gasteiger partial charge in [-0.3, -0.25) is 19.0 Å². The zero-order chi connectivity index (χ0) is 27.0. The van der Waals surface area contributed by atoms with Gasteiger partial charge < -0.3 is 5.32 Å². The molecule has 1 N–H and O–H groups in total. The lowest BCUT2D eigenvalue weighted by Gasteiger charge is -2.11. The maximum absolute atomic E-state index is 13.7. The van der Waals surface area contributed by atoms with E-state index < -0.39 is 11.7 Å². The summed E-state index contributed by atoms with van der Waals surface area (Å²) in [6, 6.07) is 9.22. The quantitative estimate of drug-likeness (QED) is 0.369. The van der Waals surface area contributed by atoms with Gasteiger partial charge in [-0.25, -0.2) is 13.9 Å².